The Balaban J connectivity index is 2.23. The third kappa shape index (κ3) is 2.13. The molecule has 0 fully saturated rings. The number of carbonyl (C=O) groups excluding carboxylic acids is 1. The molecule has 0 radical (unpaired) electrons. The van der Waals surface area contributed by atoms with Gasteiger partial charge in [-0.15, -0.1) is 0 Å². The molecule has 0 bridgehead atoms. The van der Waals surface area contributed by atoms with Crippen LogP contribution >= 0.6 is 11.6 Å². The number of benzene rings is 1. The van der Waals surface area contributed by atoms with E-state index in [1.54, 1.807) is 0 Å². The monoisotopic (exact) mass is 224 g/mol. The van der Waals surface area contributed by atoms with Gasteiger partial charge in [-0.2, -0.15) is 0 Å². The van der Waals surface area contributed by atoms with Gasteiger partial charge in [0.15, 0.2) is 0 Å². The Morgan fingerprint density at radius 3 is 3.07 bits per heavy atom. The average molecular weight is 225 g/mol. The summed E-state index contributed by atoms with van der Waals surface area (Å²) in [5.74, 6) is 0.764. The molecule has 4 heteroatoms. The summed E-state index contributed by atoms with van der Waals surface area (Å²) in [5, 5.41) is 1.55. The zero-order valence-electron chi connectivity index (χ0n) is 7.90. The standard InChI is InChI=1S/C11H9ClO3/c12-10-2-1-3-11-9(10)6-8(15-11)4-5-14-7-13/h1-3,6-7H,4-5H2. The normalized spacial score (nSPS) is 10.5. The highest BCUT2D eigenvalue weighted by atomic mass is 35.5. The molecule has 0 aliphatic rings. The SMILES string of the molecule is O=COCCc1cc2c(Cl)cccc2o1. The molecule has 0 amide bonds. The first-order chi connectivity index (χ1) is 7.31. The number of furan rings is 1. The first-order valence-corrected chi connectivity index (χ1v) is 4.91. The van der Waals surface area contributed by atoms with Crippen molar-refractivity contribution in [1.29, 1.82) is 0 Å². The van der Waals surface area contributed by atoms with E-state index in [1.165, 1.54) is 0 Å². The molecule has 0 unspecified atom stereocenters. The van der Waals surface area contributed by atoms with E-state index < -0.39 is 0 Å². The minimum atomic E-state index is 0.320. The number of carbonyl (C=O) groups is 1. The van der Waals surface area contributed by atoms with Gasteiger partial charge >= 0.3 is 0 Å². The first-order valence-electron chi connectivity index (χ1n) is 4.53. The molecule has 0 atom stereocenters. The van der Waals surface area contributed by atoms with Crippen LogP contribution in [0, 0.1) is 0 Å². The summed E-state index contributed by atoms with van der Waals surface area (Å²) in [6.45, 7) is 0.747. The fraction of sp³-hybridized carbons (Fsp3) is 0.182. The second-order valence-electron chi connectivity index (χ2n) is 3.08. The van der Waals surface area contributed by atoms with Crippen molar-refractivity contribution < 1.29 is 13.9 Å². The molecule has 2 aromatic rings. The van der Waals surface area contributed by atoms with E-state index >= 15 is 0 Å². The van der Waals surface area contributed by atoms with Crippen LogP contribution in [-0.2, 0) is 16.0 Å². The van der Waals surface area contributed by atoms with Gasteiger partial charge in [0.05, 0.1) is 11.6 Å². The van der Waals surface area contributed by atoms with Crippen molar-refractivity contribution in [2.45, 2.75) is 6.42 Å². The van der Waals surface area contributed by atoms with Crippen molar-refractivity contribution >= 4 is 29.0 Å². The molecule has 0 saturated carbocycles. The van der Waals surface area contributed by atoms with Gasteiger partial charge in [0.2, 0.25) is 0 Å². The average Bonchev–Trinajstić information content (AvgIpc) is 2.63. The van der Waals surface area contributed by atoms with Gasteiger partial charge in [0.1, 0.15) is 11.3 Å². The molecule has 0 N–H and O–H groups in total. The topological polar surface area (TPSA) is 39.4 Å². The van der Waals surface area contributed by atoms with Gasteiger partial charge in [-0.3, -0.25) is 4.79 Å². The molecule has 1 aromatic heterocycles. The van der Waals surface area contributed by atoms with E-state index in [-0.39, 0.29) is 0 Å². The molecule has 0 spiro atoms. The zero-order valence-corrected chi connectivity index (χ0v) is 8.66. The molecule has 1 heterocycles. The lowest BCUT2D eigenvalue weighted by Gasteiger charge is -1.93. The van der Waals surface area contributed by atoms with Crippen LogP contribution in [0.15, 0.2) is 28.7 Å². The lowest BCUT2D eigenvalue weighted by atomic mass is 10.2. The number of ether oxygens (including phenoxy) is 1. The number of rotatable bonds is 4. The van der Waals surface area contributed by atoms with Crippen LogP contribution in [0.2, 0.25) is 5.02 Å². The maximum Gasteiger partial charge on any atom is 0.293 e. The third-order valence-corrected chi connectivity index (χ3v) is 2.42. The van der Waals surface area contributed by atoms with Crippen LogP contribution in [0.4, 0.5) is 0 Å². The van der Waals surface area contributed by atoms with E-state index in [0.717, 1.165) is 16.7 Å². The molecule has 2 rings (SSSR count). The van der Waals surface area contributed by atoms with E-state index in [1.807, 2.05) is 24.3 Å². The quantitative estimate of drug-likeness (QED) is 0.592. The van der Waals surface area contributed by atoms with Crippen molar-refractivity contribution in [3.8, 4) is 0 Å². The Labute approximate surface area is 91.6 Å². The first kappa shape index (κ1) is 10.1. The molecular weight excluding hydrogens is 216 g/mol. The van der Waals surface area contributed by atoms with Gasteiger partial charge in [-0.25, -0.2) is 0 Å². The number of halogens is 1. The van der Waals surface area contributed by atoms with Crippen LogP contribution in [0.5, 0.6) is 0 Å². The smallest absolute Gasteiger partial charge is 0.293 e. The lowest BCUT2D eigenvalue weighted by molar-refractivity contribution is -0.128. The summed E-state index contributed by atoms with van der Waals surface area (Å²) in [4.78, 5) is 9.95. The van der Waals surface area contributed by atoms with E-state index in [9.17, 15) is 4.79 Å². The highest BCUT2D eigenvalue weighted by Gasteiger charge is 2.06. The van der Waals surface area contributed by atoms with Crippen molar-refractivity contribution in [1.82, 2.24) is 0 Å². The van der Waals surface area contributed by atoms with Gasteiger partial charge in [0.25, 0.3) is 6.47 Å². The van der Waals surface area contributed by atoms with Crippen molar-refractivity contribution in [2.24, 2.45) is 0 Å². The second-order valence-corrected chi connectivity index (χ2v) is 3.49. The van der Waals surface area contributed by atoms with Crippen molar-refractivity contribution in [2.75, 3.05) is 6.61 Å². The molecule has 15 heavy (non-hydrogen) atoms. The highest BCUT2D eigenvalue weighted by molar-refractivity contribution is 6.35. The lowest BCUT2D eigenvalue weighted by Crippen LogP contribution is -1.94. The van der Waals surface area contributed by atoms with E-state index in [2.05, 4.69) is 4.74 Å². The Morgan fingerprint density at radius 2 is 2.33 bits per heavy atom. The van der Waals surface area contributed by atoms with Gasteiger partial charge < -0.3 is 9.15 Å². The maximum absolute atomic E-state index is 9.95. The fourth-order valence-corrected chi connectivity index (χ4v) is 1.63. The Hall–Kier alpha value is -1.48. The largest absolute Gasteiger partial charge is 0.467 e. The predicted octanol–water partition coefficient (Wildman–Crippen LogP) is 2.80. The summed E-state index contributed by atoms with van der Waals surface area (Å²) >= 11 is 5.98. The molecule has 3 nitrogen and oxygen atoms in total. The van der Waals surface area contributed by atoms with Crippen LogP contribution in [0.25, 0.3) is 11.0 Å². The summed E-state index contributed by atoms with van der Waals surface area (Å²) in [5.41, 5.74) is 0.753. The number of hydrogen-bond acceptors (Lipinski definition) is 3. The van der Waals surface area contributed by atoms with E-state index in [0.29, 0.717) is 24.5 Å². The van der Waals surface area contributed by atoms with E-state index in [4.69, 9.17) is 16.0 Å². The minimum absolute atomic E-state index is 0.320. The van der Waals surface area contributed by atoms with Crippen LogP contribution in [-0.4, -0.2) is 13.1 Å². The fourth-order valence-electron chi connectivity index (χ4n) is 1.41. The van der Waals surface area contributed by atoms with Crippen LogP contribution in [0.1, 0.15) is 5.76 Å². The highest BCUT2D eigenvalue weighted by Crippen LogP contribution is 2.26. The zero-order chi connectivity index (χ0) is 10.7. The van der Waals surface area contributed by atoms with Crippen LogP contribution in [0.3, 0.4) is 0 Å². The summed E-state index contributed by atoms with van der Waals surface area (Å²) in [6, 6.07) is 7.36. The Bertz CT molecular complexity index is 476. The van der Waals surface area contributed by atoms with Crippen molar-refractivity contribution in [3.05, 3.63) is 35.0 Å². The predicted molar refractivity (Wildman–Crippen MR) is 56.9 cm³/mol. The second kappa shape index (κ2) is 4.36. The maximum atomic E-state index is 9.95. The summed E-state index contributed by atoms with van der Waals surface area (Å²) < 4.78 is 10.1. The summed E-state index contributed by atoms with van der Waals surface area (Å²) in [6.07, 6.45) is 0.559. The number of fused-ring (bicyclic) bond motifs is 1. The van der Waals surface area contributed by atoms with Gasteiger partial charge in [-0.05, 0) is 18.2 Å². The number of hydrogen-bond donors (Lipinski definition) is 0. The summed E-state index contributed by atoms with van der Waals surface area (Å²) in [7, 11) is 0. The van der Waals surface area contributed by atoms with Gasteiger partial charge in [-0.1, -0.05) is 17.7 Å². The molecular formula is C11H9ClO3. The molecule has 0 aliphatic carbocycles. The third-order valence-electron chi connectivity index (χ3n) is 2.09. The minimum Gasteiger partial charge on any atom is -0.467 e. The molecule has 1 aromatic carbocycles. The Morgan fingerprint density at radius 1 is 1.47 bits per heavy atom. The Kier molecular flexibility index (Phi) is 2.92. The molecule has 0 saturated heterocycles. The van der Waals surface area contributed by atoms with Crippen LogP contribution < -0.4 is 0 Å². The van der Waals surface area contributed by atoms with Crippen molar-refractivity contribution in [3.63, 3.8) is 0 Å². The molecule has 0 aliphatic heterocycles. The van der Waals surface area contributed by atoms with Gasteiger partial charge in [0, 0.05) is 11.8 Å². The molecule has 78 valence electrons.